The van der Waals surface area contributed by atoms with E-state index >= 15 is 0 Å². The number of alkyl halides is 2. The van der Waals surface area contributed by atoms with Crippen molar-refractivity contribution >= 4 is 5.82 Å². The number of rotatable bonds is 5. The Labute approximate surface area is 113 Å². The van der Waals surface area contributed by atoms with Gasteiger partial charge in [-0.05, 0) is 30.3 Å². The number of halogens is 2. The zero-order chi connectivity index (χ0) is 14.5. The first-order valence-corrected chi connectivity index (χ1v) is 5.57. The molecule has 0 aliphatic rings. The highest BCUT2D eigenvalue weighted by Gasteiger charge is 2.12. The predicted octanol–water partition coefficient (Wildman–Crippen LogP) is 2.04. The van der Waals surface area contributed by atoms with E-state index in [2.05, 4.69) is 20.4 Å². The van der Waals surface area contributed by atoms with Crippen LogP contribution in [-0.2, 0) is 0 Å². The fraction of sp³-hybridized carbons (Fsp3) is 0.167. The number of hydrogen-bond donors (Lipinski definition) is 2. The maximum atomic E-state index is 12.2. The van der Waals surface area contributed by atoms with Gasteiger partial charge in [-0.1, -0.05) is 0 Å². The number of nitrogen functional groups attached to an aromatic ring is 1. The molecule has 0 spiro atoms. The van der Waals surface area contributed by atoms with E-state index < -0.39 is 6.61 Å². The molecule has 2 rings (SSSR count). The van der Waals surface area contributed by atoms with E-state index in [-0.39, 0.29) is 11.5 Å². The molecule has 8 heteroatoms. The topological polar surface area (TPSA) is 82.3 Å². The average Bonchev–Trinajstić information content (AvgIpc) is 2.47. The Bertz CT molecular complexity index is 578. The predicted molar refractivity (Wildman–Crippen MR) is 68.5 cm³/mol. The molecule has 0 bridgehead atoms. The molecule has 1 heterocycles. The van der Waals surface area contributed by atoms with Gasteiger partial charge in [-0.3, -0.25) is 0 Å². The van der Waals surface area contributed by atoms with Crippen LogP contribution < -0.4 is 20.7 Å². The molecule has 0 aliphatic carbocycles. The van der Waals surface area contributed by atoms with Gasteiger partial charge >= 0.3 is 6.61 Å². The molecule has 20 heavy (non-hydrogen) atoms. The van der Waals surface area contributed by atoms with Gasteiger partial charge in [-0.2, -0.15) is 8.78 Å². The molecule has 0 atom stereocenters. The smallest absolute Gasteiger partial charge is 0.387 e. The molecule has 0 saturated carbocycles. The largest absolute Gasteiger partial charge is 0.493 e. The number of benzene rings is 1. The number of nitrogens with one attached hydrogen (secondary N) is 1. The third kappa shape index (κ3) is 3.09. The lowest BCUT2D eigenvalue weighted by Crippen LogP contribution is -2.09. The number of aromatic nitrogens is 2. The second-order valence-corrected chi connectivity index (χ2v) is 3.69. The normalized spacial score (nSPS) is 10.4. The monoisotopic (exact) mass is 282 g/mol. The van der Waals surface area contributed by atoms with Crippen LogP contribution in [0.3, 0.4) is 0 Å². The minimum Gasteiger partial charge on any atom is -0.493 e. The first-order valence-electron chi connectivity index (χ1n) is 5.57. The Morgan fingerprint density at radius 1 is 1.15 bits per heavy atom. The first kappa shape index (κ1) is 13.9. The summed E-state index contributed by atoms with van der Waals surface area (Å²) in [6.07, 6.45) is 0. The zero-order valence-electron chi connectivity index (χ0n) is 10.5. The lowest BCUT2D eigenvalue weighted by molar-refractivity contribution is -0.0512. The molecule has 2 aromatic rings. The molecule has 3 N–H and O–H groups in total. The van der Waals surface area contributed by atoms with Crippen LogP contribution in [0.15, 0.2) is 30.3 Å². The summed E-state index contributed by atoms with van der Waals surface area (Å²) in [5, 5.41) is 7.77. The van der Waals surface area contributed by atoms with E-state index in [1.807, 2.05) is 0 Å². The summed E-state index contributed by atoms with van der Waals surface area (Å²) in [6.45, 7) is -2.91. The number of nitrogens with two attached hydrogens (primary N) is 1. The summed E-state index contributed by atoms with van der Waals surface area (Å²) in [4.78, 5) is 0. The van der Waals surface area contributed by atoms with E-state index in [0.717, 1.165) is 0 Å². The van der Waals surface area contributed by atoms with Crippen molar-refractivity contribution in [3.05, 3.63) is 30.3 Å². The van der Waals surface area contributed by atoms with Gasteiger partial charge in [0.25, 0.3) is 0 Å². The SMILES string of the molecule is COc1cc(-c2ccc(NN)nn2)ccc1OC(F)F. The van der Waals surface area contributed by atoms with Crippen molar-refractivity contribution in [2.24, 2.45) is 5.84 Å². The van der Waals surface area contributed by atoms with Crippen molar-refractivity contribution in [1.29, 1.82) is 0 Å². The Balaban J connectivity index is 2.32. The Hall–Kier alpha value is -2.48. The van der Waals surface area contributed by atoms with Crippen LogP contribution in [0.25, 0.3) is 11.3 Å². The molecule has 106 valence electrons. The number of hydrogen-bond acceptors (Lipinski definition) is 6. The maximum Gasteiger partial charge on any atom is 0.387 e. The third-order valence-corrected chi connectivity index (χ3v) is 2.49. The zero-order valence-corrected chi connectivity index (χ0v) is 10.5. The molecular weight excluding hydrogens is 270 g/mol. The Morgan fingerprint density at radius 3 is 2.50 bits per heavy atom. The molecule has 1 aromatic carbocycles. The van der Waals surface area contributed by atoms with E-state index in [9.17, 15) is 8.78 Å². The lowest BCUT2D eigenvalue weighted by atomic mass is 10.1. The lowest BCUT2D eigenvalue weighted by Gasteiger charge is -2.11. The molecular formula is C12H12F2N4O2. The molecule has 0 saturated heterocycles. The van der Waals surface area contributed by atoms with Crippen molar-refractivity contribution in [3.8, 4) is 22.8 Å². The van der Waals surface area contributed by atoms with Gasteiger partial charge in [-0.25, -0.2) is 5.84 Å². The van der Waals surface area contributed by atoms with Gasteiger partial charge in [0.15, 0.2) is 17.3 Å². The van der Waals surface area contributed by atoms with Gasteiger partial charge < -0.3 is 14.9 Å². The van der Waals surface area contributed by atoms with Crippen LogP contribution in [0.4, 0.5) is 14.6 Å². The number of anilines is 1. The number of ether oxygens (including phenoxy) is 2. The van der Waals surface area contributed by atoms with Crippen molar-refractivity contribution in [2.75, 3.05) is 12.5 Å². The molecule has 0 amide bonds. The third-order valence-electron chi connectivity index (χ3n) is 2.49. The standard InChI is InChI=1S/C12H12F2N4O2/c1-19-10-6-7(2-4-9(10)20-12(13)14)8-3-5-11(16-15)18-17-8/h2-6,12H,15H2,1H3,(H,16,18). The second-order valence-electron chi connectivity index (χ2n) is 3.69. The van der Waals surface area contributed by atoms with Crippen LogP contribution >= 0.6 is 0 Å². The molecule has 0 aliphatic heterocycles. The van der Waals surface area contributed by atoms with E-state index in [1.54, 1.807) is 18.2 Å². The molecule has 0 radical (unpaired) electrons. The van der Waals surface area contributed by atoms with Crippen molar-refractivity contribution in [2.45, 2.75) is 6.61 Å². The molecule has 6 nitrogen and oxygen atoms in total. The van der Waals surface area contributed by atoms with Crippen molar-refractivity contribution in [3.63, 3.8) is 0 Å². The minimum atomic E-state index is -2.91. The van der Waals surface area contributed by atoms with Gasteiger partial charge in [0, 0.05) is 5.56 Å². The van der Waals surface area contributed by atoms with Crippen molar-refractivity contribution < 1.29 is 18.3 Å². The Morgan fingerprint density at radius 2 is 1.95 bits per heavy atom. The number of nitrogens with zero attached hydrogens (tertiary/aromatic N) is 2. The summed E-state index contributed by atoms with van der Waals surface area (Å²) in [6, 6.07) is 7.83. The van der Waals surface area contributed by atoms with Gasteiger partial charge in [0.1, 0.15) is 0 Å². The van der Waals surface area contributed by atoms with Crippen LogP contribution in [0.1, 0.15) is 0 Å². The van der Waals surface area contributed by atoms with E-state index in [0.29, 0.717) is 17.1 Å². The highest BCUT2D eigenvalue weighted by atomic mass is 19.3. The molecule has 0 unspecified atom stereocenters. The summed E-state index contributed by atoms with van der Waals surface area (Å²) in [7, 11) is 1.37. The molecule has 1 aromatic heterocycles. The quantitative estimate of drug-likeness (QED) is 0.645. The van der Waals surface area contributed by atoms with E-state index in [4.69, 9.17) is 10.6 Å². The fourth-order valence-corrected chi connectivity index (χ4v) is 1.58. The minimum absolute atomic E-state index is 0.0422. The van der Waals surface area contributed by atoms with Gasteiger partial charge in [-0.15, -0.1) is 10.2 Å². The van der Waals surface area contributed by atoms with Crippen LogP contribution in [-0.4, -0.2) is 23.9 Å². The summed E-state index contributed by atoms with van der Waals surface area (Å²) < 4.78 is 33.8. The van der Waals surface area contributed by atoms with E-state index in [1.165, 1.54) is 19.2 Å². The highest BCUT2D eigenvalue weighted by molar-refractivity contribution is 5.64. The van der Waals surface area contributed by atoms with Crippen LogP contribution in [0.2, 0.25) is 0 Å². The highest BCUT2D eigenvalue weighted by Crippen LogP contribution is 2.32. The molecule has 0 fully saturated rings. The van der Waals surface area contributed by atoms with Gasteiger partial charge in [0.05, 0.1) is 12.8 Å². The van der Waals surface area contributed by atoms with Gasteiger partial charge in [0.2, 0.25) is 0 Å². The fourth-order valence-electron chi connectivity index (χ4n) is 1.58. The summed E-state index contributed by atoms with van der Waals surface area (Å²) in [5.41, 5.74) is 3.56. The summed E-state index contributed by atoms with van der Waals surface area (Å²) >= 11 is 0. The maximum absolute atomic E-state index is 12.2. The van der Waals surface area contributed by atoms with Crippen LogP contribution in [0, 0.1) is 0 Å². The van der Waals surface area contributed by atoms with Crippen LogP contribution in [0.5, 0.6) is 11.5 Å². The second kappa shape index (κ2) is 6.11. The van der Waals surface area contributed by atoms with Crippen molar-refractivity contribution in [1.82, 2.24) is 10.2 Å². The number of methoxy groups -OCH3 is 1. The average molecular weight is 282 g/mol. The Kier molecular flexibility index (Phi) is 4.26. The number of hydrazine groups is 1. The summed E-state index contributed by atoms with van der Waals surface area (Å²) in [5.74, 6) is 5.75. The first-order chi connectivity index (χ1) is 9.63.